The molecule has 1 aliphatic rings. The Morgan fingerprint density at radius 2 is 1.57 bits per heavy atom. The minimum atomic E-state index is 0.350. The van der Waals surface area contributed by atoms with E-state index in [4.69, 9.17) is 0 Å². The predicted molar refractivity (Wildman–Crippen MR) is 66.1 cm³/mol. The van der Waals surface area contributed by atoms with Crippen molar-refractivity contribution in [1.82, 2.24) is 0 Å². The van der Waals surface area contributed by atoms with Crippen molar-refractivity contribution >= 4 is 15.8 Å². The maximum Gasteiger partial charge on any atom is 0.218 e. The van der Waals surface area contributed by atoms with Gasteiger partial charge in [0.05, 0.1) is 10.9 Å². The monoisotopic (exact) mass is 205 g/mol. The smallest absolute Gasteiger partial charge is 0.0622 e. The highest BCUT2D eigenvalue weighted by Gasteiger charge is 2.54. The van der Waals surface area contributed by atoms with Crippen molar-refractivity contribution in [2.24, 2.45) is 5.41 Å². The molecule has 1 heterocycles. The third-order valence-corrected chi connectivity index (χ3v) is 4.77. The quantitative estimate of drug-likeness (QED) is 0.614. The van der Waals surface area contributed by atoms with Crippen molar-refractivity contribution in [3.63, 3.8) is 0 Å². The molecule has 1 aliphatic heterocycles. The fourth-order valence-electron chi connectivity index (χ4n) is 1.92. The second kappa shape index (κ2) is 3.16. The molecule has 0 aliphatic carbocycles. The molecule has 0 fully saturated rings. The molecular formula is C13H17S+. The Kier molecular flexibility index (Phi) is 2.23. The van der Waals surface area contributed by atoms with Gasteiger partial charge in [-0.05, 0) is 12.1 Å². The van der Waals surface area contributed by atoms with Gasteiger partial charge in [0.25, 0.3) is 0 Å². The minimum Gasteiger partial charge on any atom is -0.0622 e. The van der Waals surface area contributed by atoms with Gasteiger partial charge < -0.3 is 0 Å². The lowest BCUT2D eigenvalue weighted by Gasteiger charge is -2.06. The molecule has 0 nitrogen and oxygen atoms in total. The van der Waals surface area contributed by atoms with Gasteiger partial charge in [0.2, 0.25) is 4.91 Å². The van der Waals surface area contributed by atoms with Crippen LogP contribution in [0, 0.1) is 5.41 Å². The van der Waals surface area contributed by atoms with Crippen molar-refractivity contribution in [1.29, 1.82) is 0 Å². The van der Waals surface area contributed by atoms with Crippen molar-refractivity contribution in [2.75, 3.05) is 6.26 Å². The molecule has 1 heteroatoms. The molecule has 0 aromatic heterocycles. The summed E-state index contributed by atoms with van der Waals surface area (Å²) >= 11 is 0. The summed E-state index contributed by atoms with van der Waals surface area (Å²) in [5, 5.41) is 0. The maximum absolute atomic E-state index is 2.34. The Morgan fingerprint density at radius 1 is 1.00 bits per heavy atom. The largest absolute Gasteiger partial charge is 0.218 e. The van der Waals surface area contributed by atoms with E-state index >= 15 is 0 Å². The van der Waals surface area contributed by atoms with E-state index in [2.05, 4.69) is 57.4 Å². The van der Waals surface area contributed by atoms with Crippen LogP contribution in [0.5, 0.6) is 0 Å². The first kappa shape index (κ1) is 9.85. The molecule has 1 aromatic rings. The molecular weight excluding hydrogens is 188 g/mol. The molecule has 1 atom stereocenters. The molecule has 74 valence electrons. The Balaban J connectivity index is 2.35. The summed E-state index contributed by atoms with van der Waals surface area (Å²) < 4.78 is 0. The molecule has 0 bridgehead atoms. The van der Waals surface area contributed by atoms with E-state index in [1.54, 1.807) is 9.81 Å². The van der Waals surface area contributed by atoms with Crippen molar-refractivity contribution < 1.29 is 0 Å². The summed E-state index contributed by atoms with van der Waals surface area (Å²) in [7, 11) is 0.426. The van der Waals surface area contributed by atoms with Gasteiger partial charge in [0.15, 0.2) is 4.91 Å². The fraction of sp³-hybridized carbons (Fsp3) is 0.385. The highest BCUT2D eigenvalue weighted by Crippen LogP contribution is 2.53. The number of hydrogen-bond acceptors (Lipinski definition) is 0. The molecule has 0 saturated carbocycles. The summed E-state index contributed by atoms with van der Waals surface area (Å²) in [6, 6.07) is 10.8. The molecule has 0 saturated heterocycles. The predicted octanol–water partition coefficient (Wildman–Crippen LogP) is 3.66. The summed E-state index contributed by atoms with van der Waals surface area (Å²) in [5.41, 5.74) is 1.77. The van der Waals surface area contributed by atoms with E-state index in [0.717, 1.165) is 0 Å². The van der Waals surface area contributed by atoms with E-state index in [1.165, 1.54) is 5.56 Å². The van der Waals surface area contributed by atoms with Crippen LogP contribution in [0.4, 0.5) is 0 Å². The van der Waals surface area contributed by atoms with Crippen molar-refractivity contribution in [2.45, 2.75) is 20.8 Å². The van der Waals surface area contributed by atoms with Gasteiger partial charge in [-0.2, -0.15) is 0 Å². The number of benzene rings is 1. The Hall–Kier alpha value is -0.690. The van der Waals surface area contributed by atoms with E-state index in [0.29, 0.717) is 16.3 Å². The summed E-state index contributed by atoms with van der Waals surface area (Å²) in [5.74, 6) is 0. The van der Waals surface area contributed by atoms with Crippen LogP contribution in [-0.4, -0.2) is 6.26 Å². The zero-order chi connectivity index (χ0) is 10.3. The standard InChI is InChI=1S/C13H17S/c1-13(2,3)12-11(14(12)4)10-8-6-5-7-9-10/h5-9H,1-4H3/q+1. The number of hydrogen-bond donors (Lipinski definition) is 0. The molecule has 14 heavy (non-hydrogen) atoms. The molecule has 0 N–H and O–H groups in total. The van der Waals surface area contributed by atoms with Crippen LogP contribution in [-0.2, 0) is 10.9 Å². The topological polar surface area (TPSA) is 0 Å². The van der Waals surface area contributed by atoms with Gasteiger partial charge in [-0.25, -0.2) is 0 Å². The molecule has 0 amide bonds. The molecule has 0 radical (unpaired) electrons. The number of rotatable bonds is 1. The van der Waals surface area contributed by atoms with Crippen LogP contribution in [0.25, 0.3) is 4.91 Å². The molecule has 0 spiro atoms. The maximum atomic E-state index is 2.34. The highest BCUT2D eigenvalue weighted by molar-refractivity contribution is 8.16. The molecule has 1 unspecified atom stereocenters. The van der Waals surface area contributed by atoms with Gasteiger partial charge in [0, 0.05) is 11.0 Å². The van der Waals surface area contributed by atoms with Gasteiger partial charge in [-0.1, -0.05) is 39.0 Å². The summed E-state index contributed by atoms with van der Waals surface area (Å²) in [6.45, 7) is 6.92. The Morgan fingerprint density at radius 3 is 2.00 bits per heavy atom. The lowest BCUT2D eigenvalue weighted by Crippen LogP contribution is -2.03. The normalized spacial score (nSPS) is 21.3. The minimum absolute atomic E-state index is 0.350. The van der Waals surface area contributed by atoms with Gasteiger partial charge in [0.1, 0.15) is 6.26 Å². The zero-order valence-corrected chi connectivity index (χ0v) is 10.1. The van der Waals surface area contributed by atoms with Crippen LogP contribution in [0.1, 0.15) is 26.3 Å². The third kappa shape index (κ3) is 1.61. The van der Waals surface area contributed by atoms with Gasteiger partial charge in [-0.15, -0.1) is 0 Å². The van der Waals surface area contributed by atoms with Crippen molar-refractivity contribution in [3.05, 3.63) is 40.8 Å². The third-order valence-electron chi connectivity index (χ3n) is 2.49. The first-order chi connectivity index (χ1) is 6.52. The van der Waals surface area contributed by atoms with Crippen LogP contribution < -0.4 is 0 Å². The van der Waals surface area contributed by atoms with Crippen LogP contribution in [0.15, 0.2) is 35.2 Å². The van der Waals surface area contributed by atoms with E-state index in [9.17, 15) is 0 Å². The van der Waals surface area contributed by atoms with E-state index in [-0.39, 0.29) is 0 Å². The SMILES string of the molecule is C[S+]1C(c2ccccc2)=C1C(C)(C)C. The fourth-order valence-corrected chi connectivity index (χ4v) is 4.44. The Bertz CT molecular complexity index is 368. The van der Waals surface area contributed by atoms with Crippen LogP contribution >= 0.6 is 0 Å². The summed E-state index contributed by atoms with van der Waals surface area (Å²) in [6.07, 6.45) is 2.34. The first-order valence-electron chi connectivity index (χ1n) is 4.98. The summed E-state index contributed by atoms with van der Waals surface area (Å²) in [4.78, 5) is 3.25. The molecule has 2 rings (SSSR count). The van der Waals surface area contributed by atoms with Gasteiger partial charge in [-0.3, -0.25) is 0 Å². The van der Waals surface area contributed by atoms with E-state index < -0.39 is 0 Å². The average Bonchev–Trinajstić information content (AvgIpc) is 2.78. The van der Waals surface area contributed by atoms with Crippen LogP contribution in [0.3, 0.4) is 0 Å². The lowest BCUT2D eigenvalue weighted by molar-refractivity contribution is 0.540. The highest BCUT2D eigenvalue weighted by atomic mass is 32.2. The average molecular weight is 205 g/mol. The zero-order valence-electron chi connectivity index (χ0n) is 9.29. The van der Waals surface area contributed by atoms with Crippen LogP contribution in [0.2, 0.25) is 0 Å². The van der Waals surface area contributed by atoms with Crippen molar-refractivity contribution in [3.8, 4) is 0 Å². The molecule has 1 aromatic carbocycles. The lowest BCUT2D eigenvalue weighted by atomic mass is 9.95. The van der Waals surface area contributed by atoms with Gasteiger partial charge >= 0.3 is 0 Å². The second-order valence-corrected chi connectivity index (χ2v) is 6.62. The number of allylic oxidation sites excluding steroid dienone is 1. The first-order valence-corrected chi connectivity index (χ1v) is 6.61. The van der Waals surface area contributed by atoms with E-state index in [1.807, 2.05) is 0 Å². The Labute approximate surface area is 89.4 Å². The second-order valence-electron chi connectivity index (χ2n) is 4.78.